The zero-order valence-corrected chi connectivity index (χ0v) is 17.9. The summed E-state index contributed by atoms with van der Waals surface area (Å²) in [4.78, 5) is 26.7. The lowest BCUT2D eigenvalue weighted by atomic mass is 10.1. The van der Waals surface area contributed by atoms with Gasteiger partial charge in [0, 0.05) is 5.02 Å². The average Bonchev–Trinajstić information content (AvgIpc) is 2.66. The molecule has 1 N–H and O–H groups in total. The van der Waals surface area contributed by atoms with Crippen LogP contribution < -0.4 is 19.7 Å². The predicted molar refractivity (Wildman–Crippen MR) is 115 cm³/mol. The van der Waals surface area contributed by atoms with Crippen molar-refractivity contribution in [2.24, 2.45) is 0 Å². The van der Waals surface area contributed by atoms with Crippen LogP contribution in [0.15, 0.2) is 46.4 Å². The quantitative estimate of drug-likeness (QED) is 0.407. The molecule has 0 atom stereocenters. The van der Waals surface area contributed by atoms with Crippen LogP contribution in [-0.4, -0.2) is 31.1 Å². The zero-order valence-electron chi connectivity index (χ0n) is 14.8. The van der Waals surface area contributed by atoms with Crippen molar-refractivity contribution >= 4 is 68.4 Å². The number of halogens is 2. The summed E-state index contributed by atoms with van der Waals surface area (Å²) < 4.78 is 11.2. The van der Waals surface area contributed by atoms with Crippen molar-refractivity contribution in [1.29, 1.82) is 0 Å². The van der Waals surface area contributed by atoms with Gasteiger partial charge in [0.1, 0.15) is 5.57 Å². The first kappa shape index (κ1) is 20.3. The summed E-state index contributed by atoms with van der Waals surface area (Å²) in [6.07, 6.45) is 1.47. The number of amides is 2. The summed E-state index contributed by atoms with van der Waals surface area (Å²) in [7, 11) is 3.02. The van der Waals surface area contributed by atoms with E-state index in [0.717, 1.165) is 0 Å². The molecule has 0 unspecified atom stereocenters. The SMILES string of the molecule is COc1cc(C=C2C(=O)NC(=S)N(c3ccc(Cl)cc3)C2=O)cc(Br)c1OC. The molecule has 2 aromatic rings. The van der Waals surface area contributed by atoms with Gasteiger partial charge < -0.3 is 9.47 Å². The molecule has 0 spiro atoms. The van der Waals surface area contributed by atoms with Gasteiger partial charge in [0.2, 0.25) is 0 Å². The molecule has 0 aromatic heterocycles. The standard InChI is InChI=1S/C19H14BrClN2O4S/c1-26-15-9-10(8-14(20)16(15)27-2)7-13-17(24)22-19(28)23(18(13)25)12-5-3-11(21)4-6-12/h3-9H,1-2H3,(H,22,24,28). The van der Waals surface area contributed by atoms with E-state index in [4.69, 9.17) is 33.3 Å². The van der Waals surface area contributed by atoms with Crippen LogP contribution >= 0.6 is 39.7 Å². The highest BCUT2D eigenvalue weighted by atomic mass is 79.9. The number of benzene rings is 2. The van der Waals surface area contributed by atoms with E-state index in [-0.39, 0.29) is 10.7 Å². The van der Waals surface area contributed by atoms with Gasteiger partial charge in [-0.05, 0) is 76.2 Å². The second kappa shape index (κ2) is 8.30. The molecule has 1 aliphatic heterocycles. The highest BCUT2D eigenvalue weighted by Crippen LogP contribution is 2.37. The second-order valence-corrected chi connectivity index (χ2v) is 7.35. The van der Waals surface area contributed by atoms with Gasteiger partial charge in [-0.2, -0.15) is 0 Å². The summed E-state index contributed by atoms with van der Waals surface area (Å²) >= 11 is 14.5. The molecule has 1 heterocycles. The lowest BCUT2D eigenvalue weighted by molar-refractivity contribution is -0.122. The third-order valence-electron chi connectivity index (χ3n) is 3.95. The smallest absolute Gasteiger partial charge is 0.270 e. The first-order valence-electron chi connectivity index (χ1n) is 7.94. The van der Waals surface area contributed by atoms with Crippen molar-refractivity contribution < 1.29 is 19.1 Å². The van der Waals surface area contributed by atoms with Crippen LogP contribution in [0.25, 0.3) is 6.08 Å². The number of hydrogen-bond acceptors (Lipinski definition) is 5. The van der Waals surface area contributed by atoms with Gasteiger partial charge in [-0.3, -0.25) is 19.8 Å². The second-order valence-electron chi connectivity index (χ2n) is 5.67. The molecule has 9 heteroatoms. The van der Waals surface area contributed by atoms with E-state index in [1.54, 1.807) is 36.4 Å². The van der Waals surface area contributed by atoms with Crippen LogP contribution in [0.3, 0.4) is 0 Å². The van der Waals surface area contributed by atoms with Crippen LogP contribution in [0, 0.1) is 0 Å². The Morgan fingerprint density at radius 3 is 2.43 bits per heavy atom. The van der Waals surface area contributed by atoms with E-state index in [1.165, 1.54) is 25.2 Å². The van der Waals surface area contributed by atoms with Gasteiger partial charge in [0.25, 0.3) is 11.8 Å². The summed E-state index contributed by atoms with van der Waals surface area (Å²) in [5.41, 5.74) is 1.01. The van der Waals surface area contributed by atoms with E-state index in [1.807, 2.05) is 0 Å². The predicted octanol–water partition coefficient (Wildman–Crippen LogP) is 3.95. The Balaban J connectivity index is 2.04. The molecule has 0 saturated carbocycles. The van der Waals surface area contributed by atoms with E-state index < -0.39 is 11.8 Å². The molecule has 1 saturated heterocycles. The van der Waals surface area contributed by atoms with Crippen LogP contribution in [0.2, 0.25) is 5.02 Å². The number of hydrogen-bond donors (Lipinski definition) is 1. The minimum atomic E-state index is -0.578. The van der Waals surface area contributed by atoms with Crippen LogP contribution in [0.5, 0.6) is 11.5 Å². The van der Waals surface area contributed by atoms with Gasteiger partial charge in [0.15, 0.2) is 16.6 Å². The molecular formula is C19H14BrClN2O4S. The van der Waals surface area contributed by atoms with Gasteiger partial charge in [-0.25, -0.2) is 0 Å². The normalized spacial score (nSPS) is 15.6. The first-order chi connectivity index (χ1) is 13.3. The first-order valence-corrected chi connectivity index (χ1v) is 9.52. The van der Waals surface area contributed by atoms with Crippen molar-refractivity contribution in [3.8, 4) is 11.5 Å². The molecule has 0 aliphatic carbocycles. The minimum absolute atomic E-state index is 0.00274. The summed E-state index contributed by atoms with van der Waals surface area (Å²) in [5.74, 6) is -0.154. The zero-order chi connectivity index (χ0) is 20.4. The van der Waals surface area contributed by atoms with Crippen molar-refractivity contribution in [3.63, 3.8) is 0 Å². The van der Waals surface area contributed by atoms with Gasteiger partial charge >= 0.3 is 0 Å². The molecule has 1 aliphatic rings. The Bertz CT molecular complexity index is 1010. The van der Waals surface area contributed by atoms with E-state index in [2.05, 4.69) is 21.2 Å². The van der Waals surface area contributed by atoms with Gasteiger partial charge in [-0.1, -0.05) is 11.6 Å². The largest absolute Gasteiger partial charge is 0.493 e. The van der Waals surface area contributed by atoms with E-state index >= 15 is 0 Å². The number of carbonyl (C=O) groups excluding carboxylic acids is 2. The maximum atomic E-state index is 13.0. The topological polar surface area (TPSA) is 67.9 Å². The minimum Gasteiger partial charge on any atom is -0.493 e. The Hall–Kier alpha value is -2.42. The number of nitrogens with zero attached hydrogens (tertiary/aromatic N) is 1. The number of carbonyl (C=O) groups is 2. The Morgan fingerprint density at radius 2 is 1.82 bits per heavy atom. The Labute approximate surface area is 180 Å². The highest BCUT2D eigenvalue weighted by Gasteiger charge is 2.34. The van der Waals surface area contributed by atoms with Gasteiger partial charge in [-0.15, -0.1) is 0 Å². The molecular weight excluding hydrogens is 468 g/mol. The van der Waals surface area contributed by atoms with Crippen molar-refractivity contribution in [2.45, 2.75) is 0 Å². The van der Waals surface area contributed by atoms with Crippen LogP contribution in [0.4, 0.5) is 5.69 Å². The fraction of sp³-hybridized carbons (Fsp3) is 0.105. The maximum Gasteiger partial charge on any atom is 0.270 e. The van der Waals surface area contributed by atoms with Crippen LogP contribution in [-0.2, 0) is 9.59 Å². The summed E-state index contributed by atoms with van der Waals surface area (Å²) in [6.45, 7) is 0. The molecule has 28 heavy (non-hydrogen) atoms. The molecule has 0 bridgehead atoms. The molecule has 144 valence electrons. The lowest BCUT2D eigenvalue weighted by Gasteiger charge is -2.29. The third-order valence-corrected chi connectivity index (χ3v) is 5.08. The molecule has 6 nitrogen and oxygen atoms in total. The van der Waals surface area contributed by atoms with Gasteiger partial charge in [0.05, 0.1) is 24.4 Å². The van der Waals surface area contributed by atoms with Crippen molar-refractivity contribution in [3.05, 3.63) is 57.0 Å². The molecule has 2 amide bonds. The maximum absolute atomic E-state index is 13.0. The van der Waals surface area contributed by atoms with Crippen LogP contribution in [0.1, 0.15) is 5.56 Å². The third kappa shape index (κ3) is 3.89. The Kier molecular flexibility index (Phi) is 6.02. The number of ether oxygens (including phenoxy) is 2. The number of methoxy groups -OCH3 is 2. The number of anilines is 1. The molecule has 3 rings (SSSR count). The van der Waals surface area contributed by atoms with E-state index in [9.17, 15) is 9.59 Å². The monoisotopic (exact) mass is 480 g/mol. The average molecular weight is 482 g/mol. The lowest BCUT2D eigenvalue weighted by Crippen LogP contribution is -2.54. The summed E-state index contributed by atoms with van der Waals surface area (Å²) in [5, 5.41) is 3.06. The highest BCUT2D eigenvalue weighted by molar-refractivity contribution is 9.10. The van der Waals surface area contributed by atoms with Crippen molar-refractivity contribution in [1.82, 2.24) is 5.32 Å². The summed E-state index contributed by atoms with van der Waals surface area (Å²) in [6, 6.07) is 9.95. The fourth-order valence-corrected chi connectivity index (χ4v) is 3.70. The fourth-order valence-electron chi connectivity index (χ4n) is 2.67. The van der Waals surface area contributed by atoms with Crippen molar-refractivity contribution in [2.75, 3.05) is 19.1 Å². The molecule has 1 fully saturated rings. The molecule has 0 radical (unpaired) electrons. The number of nitrogens with one attached hydrogen (secondary N) is 1. The number of thiocarbonyl (C=S) groups is 1. The van der Waals surface area contributed by atoms with E-state index in [0.29, 0.717) is 32.2 Å². The molecule has 2 aromatic carbocycles. The number of rotatable bonds is 4. The Morgan fingerprint density at radius 1 is 1.14 bits per heavy atom.